The van der Waals surface area contributed by atoms with Gasteiger partial charge in [-0.05, 0) is 141 Å². The molecule has 9 unspecified atom stereocenters. The van der Waals surface area contributed by atoms with Gasteiger partial charge in [-0.25, -0.2) is 33.6 Å². The monoisotopic (exact) mass is 1720 g/mol. The highest BCUT2D eigenvalue weighted by atomic mass is 16.2. The van der Waals surface area contributed by atoms with E-state index < -0.39 is 0 Å². The van der Waals surface area contributed by atoms with E-state index in [0.29, 0.717) is 133 Å². The SMILES string of the molecule is CC(C)C1C(=N)N(C(C)C)C(=O)N1C(C)C.CC(C)C1C(=N)N(C)C(=O)N1C.CC(C)C1C(=N)N(C)C(=O)N1C(C)C.CC(C)C1C(=N)N(C)C(=O)N1c1ccccc1.CC(C)C1CC(=O)N(C)C1=N.CC(C)C1CC(=O)NC1=N.CCCN1C(=N)C(C(C)C)N(CCC)C1=O.CCN1C(=N)C(C(C)C)N(CC)C1=O.CCN1C(=O)N(C)C(=N)C1C(C)C. The van der Waals surface area contributed by atoms with Crippen molar-refractivity contribution in [1.29, 1.82) is 48.7 Å². The van der Waals surface area contributed by atoms with Crippen molar-refractivity contribution >= 4 is 112 Å². The van der Waals surface area contributed by atoms with Crippen molar-refractivity contribution in [2.45, 2.75) is 287 Å². The first-order valence-electron chi connectivity index (χ1n) is 44.2. The van der Waals surface area contributed by atoms with Gasteiger partial charge in [-0.1, -0.05) is 157 Å². The van der Waals surface area contributed by atoms with Crippen molar-refractivity contribution in [3.8, 4) is 0 Å². The molecule has 0 aromatic heterocycles. The third kappa shape index (κ3) is 25.7. The zero-order valence-electron chi connectivity index (χ0n) is 81.3. The predicted molar refractivity (Wildman–Crippen MR) is 494 cm³/mol. The van der Waals surface area contributed by atoms with Crippen molar-refractivity contribution in [2.75, 3.05) is 79.9 Å². The molecule has 0 radical (unpaired) electrons. The quantitative estimate of drug-likeness (QED) is 0.0592. The molecule has 9 heterocycles. The number of likely N-dealkylation sites (N-methyl/N-ethyl adjacent to an activating group) is 8. The van der Waals surface area contributed by atoms with Crippen molar-refractivity contribution in [2.24, 2.45) is 65.1 Å². The average Bonchev–Trinajstić information content (AvgIpc) is 1.62. The Morgan fingerprint density at radius 2 is 0.691 bits per heavy atom. The lowest BCUT2D eigenvalue weighted by Crippen LogP contribution is -2.43. The molecule has 1 aromatic rings. The molecule has 9 atom stereocenters. The van der Waals surface area contributed by atoms with Crippen molar-refractivity contribution < 1.29 is 43.2 Å². The number of carbonyl (C=O) groups excluding carboxylic acids is 9. The van der Waals surface area contributed by atoms with E-state index in [2.05, 4.69) is 39.9 Å². The number of amides is 16. The van der Waals surface area contributed by atoms with E-state index >= 15 is 0 Å². The molecule has 0 spiro atoms. The summed E-state index contributed by atoms with van der Waals surface area (Å²) >= 11 is 0. The smallest absolute Gasteiger partial charge is 0.317 e. The first kappa shape index (κ1) is 109. The van der Waals surface area contributed by atoms with Crippen molar-refractivity contribution in [3.63, 3.8) is 0 Å². The highest BCUT2D eigenvalue weighted by Gasteiger charge is 2.49. The summed E-state index contributed by atoms with van der Waals surface area (Å²) < 4.78 is 0. The third-order valence-electron chi connectivity index (χ3n) is 23.2. The standard InChI is InChI=1S/C13H17N3O.2C12H23N3O.2C10H19N3O.C9H17N3O.C8H15N3O.C8H14N2O.C7H12N2O/c1-9(2)11-12(14)15(3)13(17)16(11)10-7-5-4-6-8-10;1-7(2)10-11(13)15(9(5)6)12(16)14(10)8(3)4;1-5-7-14-10(9(3)4)11(13)15(8-6-2)12(14)16;1-6(2)8-9(11)12(5)10(14)13(8)7(3)4;1-5-12-8(7(3)4)9(11)13(6-2)10(12)14;1-5-12-7(6(2)3)8(10)11(4)9(12)13;1-5(2)6-7(9)11(4)8(12)10(6)3;1-5(2)6-4-7(11)10(3)8(6)9;1-4(2)5-3-6(10)9-7(5)8/h4-9,11,14H,1-3H3;7-10,13H,1-6H3;9-10,13H,5-8H2,1-4H3;6-8,11H,1-5H3;7-8,11H,5-6H2,1-4H3;6-7,10H,5H2,1-4H3;5-6,9H,1-4H3;5-6,9H,4H2,1-3H3;4-5H,3H2,1-2H3,(H2,8,9,10). The molecule has 34 nitrogen and oxygen atoms in total. The number of carbonyl (C=O) groups is 9. The van der Waals surface area contributed by atoms with Crippen molar-refractivity contribution in [1.82, 2.24) is 73.9 Å². The molecular formula is C89H159N25O9. The van der Waals surface area contributed by atoms with Gasteiger partial charge in [-0.2, -0.15) is 0 Å². The zero-order chi connectivity index (χ0) is 95.4. The number of nitrogens with one attached hydrogen (secondary N) is 10. The predicted octanol–water partition coefficient (Wildman–Crippen LogP) is 15.4. The summed E-state index contributed by atoms with van der Waals surface area (Å²) in [4.78, 5) is 129. The highest BCUT2D eigenvalue weighted by Crippen LogP contribution is 2.33. The Balaban J connectivity index is 0.000000471. The molecule has 9 fully saturated rings. The number of benzene rings is 1. The topological polar surface area (TPSA) is 429 Å². The van der Waals surface area contributed by atoms with Crippen molar-refractivity contribution in [3.05, 3.63) is 30.3 Å². The lowest BCUT2D eigenvalue weighted by molar-refractivity contribution is -0.125. The highest BCUT2D eigenvalue weighted by molar-refractivity contribution is 6.15. The summed E-state index contributed by atoms with van der Waals surface area (Å²) in [7, 11) is 10.0. The first-order chi connectivity index (χ1) is 56.9. The summed E-state index contributed by atoms with van der Waals surface area (Å²) in [5.41, 5.74) is 0.852. The van der Waals surface area contributed by atoms with Crippen LogP contribution in [0.15, 0.2) is 30.3 Å². The first-order valence-corrected chi connectivity index (χ1v) is 44.2. The Bertz CT molecular complexity index is 3840. The molecule has 9 aliphatic rings. The van der Waals surface area contributed by atoms with Crippen LogP contribution in [-0.2, 0) is 9.59 Å². The number of rotatable bonds is 20. The van der Waals surface area contributed by atoms with E-state index in [1.165, 1.54) is 24.5 Å². The van der Waals surface area contributed by atoms with Gasteiger partial charge in [0.2, 0.25) is 11.8 Å². The maximum absolute atomic E-state index is 12.2. The maximum atomic E-state index is 12.2. The summed E-state index contributed by atoms with van der Waals surface area (Å²) in [5, 5.41) is 72.9. The minimum atomic E-state index is -0.171. The molecule has 0 saturated carbocycles. The largest absolute Gasteiger partial charge is 0.330 e. The molecule has 34 heteroatoms. The number of amidine groups is 9. The minimum absolute atomic E-state index is 0.0105. The minimum Gasteiger partial charge on any atom is -0.317 e. The Morgan fingerprint density at radius 3 is 1.00 bits per heavy atom. The van der Waals surface area contributed by atoms with Crippen LogP contribution in [0.5, 0.6) is 0 Å². The summed E-state index contributed by atoms with van der Waals surface area (Å²) in [6, 6.07) is 9.10. The van der Waals surface area contributed by atoms with Gasteiger partial charge >= 0.3 is 42.2 Å². The van der Waals surface area contributed by atoms with Crippen LogP contribution in [0, 0.1) is 114 Å². The molecule has 10 rings (SSSR count). The van der Waals surface area contributed by atoms with Crippen LogP contribution in [0.3, 0.4) is 0 Å². The number of anilines is 1. The molecule has 694 valence electrons. The second-order valence-corrected chi connectivity index (χ2v) is 36.6. The average molecular weight is 1720 g/mol. The molecule has 1 aromatic carbocycles. The lowest BCUT2D eigenvalue weighted by atomic mass is 9.94. The lowest BCUT2D eigenvalue weighted by Gasteiger charge is -2.28. The third-order valence-corrected chi connectivity index (χ3v) is 23.2. The fourth-order valence-electron chi connectivity index (χ4n) is 16.5. The van der Waals surface area contributed by atoms with Crippen LogP contribution >= 0.6 is 0 Å². The summed E-state index contributed by atoms with van der Waals surface area (Å²) in [6.07, 6.45) is 2.87. The molecule has 10 N–H and O–H groups in total. The second kappa shape index (κ2) is 47.8. The summed E-state index contributed by atoms with van der Waals surface area (Å²) in [6.45, 7) is 61.9. The molecule has 0 aliphatic carbocycles. The normalized spacial score (nSPS) is 23.0. The van der Waals surface area contributed by atoms with Crippen LogP contribution in [-0.4, -0.2) is 311 Å². The Labute approximate surface area is 736 Å². The molecule has 123 heavy (non-hydrogen) atoms. The van der Waals surface area contributed by atoms with Gasteiger partial charge in [-0.3, -0.25) is 97.5 Å². The number of nitrogens with zero attached hydrogens (tertiary/aromatic N) is 15. The number of hydrogen-bond donors (Lipinski definition) is 10. The van der Waals surface area contributed by atoms with Gasteiger partial charge in [0.05, 0.1) is 42.3 Å². The van der Waals surface area contributed by atoms with Gasteiger partial charge in [0.15, 0.2) is 0 Å². The van der Waals surface area contributed by atoms with Gasteiger partial charge in [0.1, 0.15) is 52.5 Å². The molecule has 16 amide bonds. The summed E-state index contributed by atoms with van der Waals surface area (Å²) in [5.74, 6) is 7.01. The molecule has 9 saturated heterocycles. The second-order valence-electron chi connectivity index (χ2n) is 36.6. The van der Waals surface area contributed by atoms with E-state index in [1.807, 2.05) is 206 Å². The van der Waals surface area contributed by atoms with Gasteiger partial charge in [0.25, 0.3) is 0 Å². The number of para-hydroxylation sites is 1. The Hall–Kier alpha value is -9.92. The van der Waals surface area contributed by atoms with Gasteiger partial charge in [0, 0.05) is 124 Å². The van der Waals surface area contributed by atoms with Crippen LogP contribution < -0.4 is 10.2 Å². The van der Waals surface area contributed by atoms with E-state index in [-0.39, 0.29) is 138 Å². The number of likely N-dealkylation sites (tertiary alicyclic amines) is 1. The Morgan fingerprint density at radius 1 is 0.325 bits per heavy atom. The maximum Gasteiger partial charge on any atom is 0.330 e. The van der Waals surface area contributed by atoms with Crippen LogP contribution in [0.25, 0.3) is 0 Å². The van der Waals surface area contributed by atoms with Gasteiger partial charge in [-0.15, -0.1) is 0 Å². The van der Waals surface area contributed by atoms with Crippen LogP contribution in [0.1, 0.15) is 226 Å². The number of urea groups is 7. The van der Waals surface area contributed by atoms with E-state index in [9.17, 15) is 43.2 Å². The fourth-order valence-corrected chi connectivity index (χ4v) is 16.5. The molecule has 0 bridgehead atoms. The fraction of sp³-hybridized carbons (Fsp3) is 0.730. The number of hydrogen-bond acceptors (Lipinski definition) is 18. The molecule has 9 aliphatic heterocycles. The van der Waals surface area contributed by atoms with Crippen LogP contribution in [0.4, 0.5) is 39.2 Å². The van der Waals surface area contributed by atoms with E-state index in [4.69, 9.17) is 48.7 Å². The van der Waals surface area contributed by atoms with E-state index in [1.54, 1.807) is 81.5 Å². The Kier molecular flexibility index (Phi) is 42.4. The molecular weight excluding hydrogens is 1560 g/mol. The van der Waals surface area contributed by atoms with Gasteiger partial charge < -0.3 is 39.6 Å². The van der Waals surface area contributed by atoms with Crippen LogP contribution in [0.2, 0.25) is 0 Å². The zero-order valence-corrected chi connectivity index (χ0v) is 81.3. The van der Waals surface area contributed by atoms with E-state index in [0.717, 1.165) is 25.1 Å².